The quantitative estimate of drug-likeness (QED) is 0.261. The number of halogens is 17. The van der Waals surface area contributed by atoms with Crippen molar-refractivity contribution in [3.63, 3.8) is 0 Å². The molecular formula is C12H12F17NO5S2. The van der Waals surface area contributed by atoms with Crippen LogP contribution < -0.4 is 5.14 Å². The van der Waals surface area contributed by atoms with Crippen LogP contribution in [0.4, 0.5) is 74.6 Å². The highest BCUT2D eigenvalue weighted by Crippen LogP contribution is 2.64. The maximum absolute atomic E-state index is 13.1. The molecule has 6 nitrogen and oxygen atoms in total. The molecule has 0 rings (SSSR count). The predicted octanol–water partition coefficient (Wildman–Crippen LogP) is 4.92. The van der Waals surface area contributed by atoms with Crippen LogP contribution in [0.25, 0.3) is 0 Å². The molecule has 0 spiro atoms. The normalized spacial score (nSPS) is 15.8. The van der Waals surface area contributed by atoms with Crippen molar-refractivity contribution in [2.24, 2.45) is 5.14 Å². The van der Waals surface area contributed by atoms with Crippen LogP contribution in [0.3, 0.4) is 0 Å². The molecule has 0 unspecified atom stereocenters. The molecule has 0 bridgehead atoms. The van der Waals surface area contributed by atoms with Crippen molar-refractivity contribution >= 4 is 20.1 Å². The molecule has 0 fully saturated rings. The van der Waals surface area contributed by atoms with Gasteiger partial charge in [-0.25, -0.2) is 13.6 Å². The summed E-state index contributed by atoms with van der Waals surface area (Å²) in [5.74, 6) is -51.7. The maximum atomic E-state index is 13.1. The second-order valence-electron chi connectivity index (χ2n) is 6.65. The fraction of sp³-hybridized carbons (Fsp3) is 1.00. The highest BCUT2D eigenvalue weighted by molar-refractivity contribution is 7.90. The molecule has 0 atom stereocenters. The summed E-state index contributed by atoms with van der Waals surface area (Å²) in [7, 11) is -11.1. The number of unbranched alkanes of at least 4 members (excludes halogenated alkanes) is 1. The molecule has 0 aliphatic carbocycles. The summed E-state index contributed by atoms with van der Waals surface area (Å²) in [5.41, 5.74) is 0. The Morgan fingerprint density at radius 2 is 0.838 bits per heavy atom. The van der Waals surface area contributed by atoms with Gasteiger partial charge in [-0.3, -0.25) is 4.55 Å². The zero-order valence-corrected chi connectivity index (χ0v) is 18.7. The minimum Gasteiger partial charge on any atom is -0.286 e. The molecule has 0 aliphatic rings. The van der Waals surface area contributed by atoms with Crippen LogP contribution in [-0.2, 0) is 20.1 Å². The summed E-state index contributed by atoms with van der Waals surface area (Å²) in [6.45, 7) is 1.87. The first-order valence-electron chi connectivity index (χ1n) is 8.25. The third-order valence-corrected chi connectivity index (χ3v) is 5.58. The number of rotatable bonds is 10. The highest BCUT2D eigenvalue weighted by atomic mass is 32.2. The first-order chi connectivity index (χ1) is 15.6. The van der Waals surface area contributed by atoms with E-state index in [2.05, 4.69) is 5.14 Å². The first-order valence-corrected chi connectivity index (χ1v) is 11.4. The van der Waals surface area contributed by atoms with Crippen molar-refractivity contribution in [3.8, 4) is 0 Å². The van der Waals surface area contributed by atoms with Gasteiger partial charge in [-0.15, -0.1) is 0 Å². The van der Waals surface area contributed by atoms with Gasteiger partial charge in [0.25, 0.3) is 20.1 Å². The summed E-state index contributed by atoms with van der Waals surface area (Å²) < 4.78 is 264. The second-order valence-corrected chi connectivity index (χ2v) is 9.82. The molecular weight excluding hydrogens is 625 g/mol. The van der Waals surface area contributed by atoms with Crippen molar-refractivity contribution in [1.82, 2.24) is 0 Å². The van der Waals surface area contributed by atoms with Crippen molar-refractivity contribution < 1.29 is 96.0 Å². The average Bonchev–Trinajstić information content (AvgIpc) is 2.63. The largest absolute Gasteiger partial charge is 0.460 e. The molecule has 37 heavy (non-hydrogen) atoms. The molecule has 0 aliphatic heterocycles. The molecule has 0 saturated heterocycles. The van der Waals surface area contributed by atoms with Gasteiger partial charge in [0.2, 0.25) is 0 Å². The van der Waals surface area contributed by atoms with Gasteiger partial charge in [0.05, 0.1) is 5.75 Å². The Morgan fingerprint density at radius 3 is 1.03 bits per heavy atom. The van der Waals surface area contributed by atoms with E-state index in [0.29, 0.717) is 6.42 Å². The molecule has 0 aromatic heterocycles. The van der Waals surface area contributed by atoms with E-state index in [4.69, 9.17) is 4.55 Å². The van der Waals surface area contributed by atoms with Crippen LogP contribution in [0.15, 0.2) is 0 Å². The van der Waals surface area contributed by atoms with Crippen LogP contribution in [0.1, 0.15) is 19.8 Å². The SMILES string of the molecule is CCCCS(=O)(=O)O.NS(=O)(=O)C(F)(F)C(F)(F)C(F)(F)C(F)(F)C(F)(F)C(F)(F)C(F)(F)C(F)(F)F. The summed E-state index contributed by atoms with van der Waals surface area (Å²) >= 11 is 0. The van der Waals surface area contributed by atoms with E-state index in [-0.39, 0.29) is 5.75 Å². The Hall–Kier alpha value is -1.37. The lowest BCUT2D eigenvalue weighted by molar-refractivity contribution is -0.458. The van der Waals surface area contributed by atoms with Gasteiger partial charge in [-0.2, -0.15) is 83.1 Å². The molecule has 226 valence electrons. The van der Waals surface area contributed by atoms with E-state index >= 15 is 0 Å². The van der Waals surface area contributed by atoms with Gasteiger partial charge >= 0.3 is 47.0 Å². The van der Waals surface area contributed by atoms with E-state index in [1.165, 1.54) is 0 Å². The zero-order chi connectivity index (χ0) is 31.1. The number of primary sulfonamides is 1. The third-order valence-electron chi connectivity index (χ3n) is 3.81. The first kappa shape index (κ1) is 37.8. The summed E-state index contributed by atoms with van der Waals surface area (Å²) in [4.78, 5) is 0. The van der Waals surface area contributed by atoms with Crippen LogP contribution in [0.2, 0.25) is 0 Å². The smallest absolute Gasteiger partial charge is 0.286 e. The van der Waals surface area contributed by atoms with E-state index in [9.17, 15) is 91.5 Å². The second kappa shape index (κ2) is 10.3. The highest BCUT2D eigenvalue weighted by Gasteiger charge is 2.96. The Balaban J connectivity index is 0. The molecule has 3 N–H and O–H groups in total. The van der Waals surface area contributed by atoms with Crippen LogP contribution in [0, 0.1) is 0 Å². The average molecular weight is 637 g/mol. The van der Waals surface area contributed by atoms with Gasteiger partial charge < -0.3 is 0 Å². The molecule has 0 aromatic rings. The number of nitrogens with two attached hydrogens (primary N) is 1. The van der Waals surface area contributed by atoms with Gasteiger partial charge in [-0.05, 0) is 6.42 Å². The van der Waals surface area contributed by atoms with Crippen molar-refractivity contribution in [2.75, 3.05) is 5.75 Å². The minimum absolute atomic E-state index is 0.108. The maximum Gasteiger partial charge on any atom is 0.460 e. The van der Waals surface area contributed by atoms with Gasteiger partial charge in [-0.1, -0.05) is 13.3 Å². The van der Waals surface area contributed by atoms with E-state index in [0.717, 1.165) is 6.42 Å². The lowest BCUT2D eigenvalue weighted by atomic mass is 9.91. The Kier molecular flexibility index (Phi) is 10.5. The monoisotopic (exact) mass is 637 g/mol. The number of hydrogen-bond acceptors (Lipinski definition) is 4. The van der Waals surface area contributed by atoms with E-state index in [1.54, 1.807) is 0 Å². The Bertz CT molecular complexity index is 1000. The lowest BCUT2D eigenvalue weighted by Gasteiger charge is -2.42. The number of alkyl halides is 17. The van der Waals surface area contributed by atoms with Crippen LogP contribution in [-0.4, -0.2) is 74.1 Å². The standard InChI is InChI=1S/C8H2F17NO2S.C4H10O3S/c9-1(10,3(13,14)5(17,18)7(21,22)23)2(11,12)4(15,16)6(19,20)8(24,25)29(26,27)28;1-2-3-4-8(5,6)7/h(H2,26,27,28);2-4H2,1H3,(H,5,6,7). The Morgan fingerprint density at radius 1 is 0.568 bits per heavy atom. The summed E-state index contributed by atoms with van der Waals surface area (Å²) in [5, 5.41) is -4.30. The van der Waals surface area contributed by atoms with Crippen molar-refractivity contribution in [3.05, 3.63) is 0 Å². The van der Waals surface area contributed by atoms with Crippen molar-refractivity contribution in [2.45, 2.75) is 66.7 Å². The van der Waals surface area contributed by atoms with Gasteiger partial charge in [0, 0.05) is 0 Å². The van der Waals surface area contributed by atoms with Gasteiger partial charge in [0.1, 0.15) is 0 Å². The molecule has 0 aromatic carbocycles. The zero-order valence-electron chi connectivity index (χ0n) is 17.0. The lowest BCUT2D eigenvalue weighted by Crippen LogP contribution is -2.75. The molecule has 25 heteroatoms. The molecule has 0 saturated carbocycles. The predicted molar refractivity (Wildman–Crippen MR) is 85.1 cm³/mol. The summed E-state index contributed by atoms with van der Waals surface area (Å²) in [6.07, 6.45) is -6.53. The minimum atomic E-state index is -8.84. The van der Waals surface area contributed by atoms with Crippen LogP contribution in [0.5, 0.6) is 0 Å². The topological polar surface area (TPSA) is 115 Å². The summed E-state index contributed by atoms with van der Waals surface area (Å²) in [6, 6.07) is 0. The number of sulfonamides is 1. The van der Waals surface area contributed by atoms with E-state index in [1.807, 2.05) is 6.92 Å². The van der Waals surface area contributed by atoms with Crippen LogP contribution >= 0.6 is 0 Å². The molecule has 0 amide bonds. The fourth-order valence-electron chi connectivity index (χ4n) is 1.65. The van der Waals surface area contributed by atoms with Gasteiger partial charge in [0.15, 0.2) is 0 Å². The Labute approximate surface area is 194 Å². The molecule has 0 heterocycles. The van der Waals surface area contributed by atoms with E-state index < -0.39 is 67.1 Å². The fourth-order valence-corrected chi connectivity index (χ4v) is 2.79. The van der Waals surface area contributed by atoms with Crippen molar-refractivity contribution in [1.29, 1.82) is 0 Å². The molecule has 0 radical (unpaired) electrons. The third kappa shape index (κ3) is 6.45. The number of hydrogen-bond donors (Lipinski definition) is 2.